The van der Waals surface area contributed by atoms with E-state index in [0.717, 1.165) is 10.9 Å². The highest BCUT2D eigenvalue weighted by Gasteiger charge is 2.37. The fourth-order valence-electron chi connectivity index (χ4n) is 9.86. The van der Waals surface area contributed by atoms with Crippen LogP contribution in [-0.2, 0) is 67.2 Å². The molecule has 3 heterocycles. The molecule has 85 heavy (non-hydrogen) atoms. The first kappa shape index (κ1) is 67.4. The first-order chi connectivity index (χ1) is 40.6. The number of carbonyl (C=O) groups excluding carboxylic acids is 9. The molecular weight excluding hydrogens is 1100 g/mol. The van der Waals surface area contributed by atoms with Crippen LogP contribution in [0, 0.1) is 11.8 Å². The van der Waals surface area contributed by atoms with Gasteiger partial charge in [-0.3, -0.25) is 43.2 Å². The second-order valence-electron chi connectivity index (χ2n) is 22.1. The van der Waals surface area contributed by atoms with E-state index in [1.54, 1.807) is 20.0 Å². The molecule has 0 spiro atoms. The van der Waals surface area contributed by atoms with Crippen molar-refractivity contribution in [1.29, 1.82) is 0 Å². The van der Waals surface area contributed by atoms with Gasteiger partial charge < -0.3 is 84.8 Å². The molecule has 1 aliphatic rings. The second-order valence-corrected chi connectivity index (χ2v) is 22.1. The molecule has 464 valence electrons. The van der Waals surface area contributed by atoms with Gasteiger partial charge in [0.1, 0.15) is 48.0 Å². The summed E-state index contributed by atoms with van der Waals surface area (Å²) >= 11 is 0. The van der Waals surface area contributed by atoms with Gasteiger partial charge in [-0.05, 0) is 106 Å². The third-order valence-electron chi connectivity index (χ3n) is 14.5. The average Bonchev–Trinajstić information content (AvgIpc) is 3.69. The Labute approximate surface area is 493 Å². The largest absolute Gasteiger partial charge is 0.508 e. The molecule has 18 N–H and O–H groups in total. The van der Waals surface area contributed by atoms with Crippen LogP contribution >= 0.6 is 0 Å². The van der Waals surface area contributed by atoms with E-state index in [4.69, 9.17) is 17.2 Å². The van der Waals surface area contributed by atoms with Crippen molar-refractivity contribution in [1.82, 2.24) is 62.4 Å². The molecule has 5 rings (SSSR count). The van der Waals surface area contributed by atoms with Crippen molar-refractivity contribution in [2.24, 2.45) is 29.0 Å². The Morgan fingerprint density at radius 3 is 1.93 bits per heavy atom. The number of likely N-dealkylation sites (tertiary alicyclic amines) is 1. The molecule has 8 atom stereocenters. The number of benzene rings is 2. The number of hydrogen-bond donors (Lipinski definition) is 15. The van der Waals surface area contributed by atoms with Crippen LogP contribution in [-0.4, -0.2) is 170 Å². The van der Waals surface area contributed by atoms with Crippen molar-refractivity contribution in [2.45, 2.75) is 153 Å². The van der Waals surface area contributed by atoms with Crippen LogP contribution in [0.25, 0.3) is 10.9 Å². The quantitative estimate of drug-likeness (QED) is 0.0249. The summed E-state index contributed by atoms with van der Waals surface area (Å²) in [6.07, 6.45) is 7.63. The number of H-pyrrole nitrogens is 2. The minimum atomic E-state index is -1.40. The standard InChI is InChI=1S/C58H85N15O12/c1-33(2)24-43(69-51(77)40(61)13-7-9-21-59)54(80)68-42(15-8-10-22-60)53(79)71-46(27-37-29-62-32-66-37)55(81)70-44(25-35-17-19-38(74)20-18-35)52(78)65-31-49(76)73-23-11-16-47(73)57(83)64-30-48(75)67-45(56(82)72-50(34(3)4)58(84)85)26-36-28-63-41-14-6-5-12-39(36)41/h5-6,12,14,17-20,28-29,32-34,40,42-47,50,63,74H,7-11,13,15-16,21-27,30-31,59-61H2,1-4H3,(H,62,66)(H,64,83)(H,65,78)(H,67,75)(H,68,80)(H,69,77)(H,70,81)(H,71,79)(H,72,82)(H,84,85)/t40-,42-,43-,44-,45-,46-,47-,50-/m0/s1. The Morgan fingerprint density at radius 1 is 0.671 bits per heavy atom. The predicted octanol–water partition coefficient (Wildman–Crippen LogP) is -0.871. The summed E-state index contributed by atoms with van der Waals surface area (Å²) in [5, 5.41) is 41.8. The molecular formula is C58H85N15O12. The number of aliphatic carboxylic acids is 1. The Hall–Kier alpha value is -8.43. The molecule has 0 aliphatic carbocycles. The maximum atomic E-state index is 14.5. The Bertz CT molecular complexity index is 2880. The lowest BCUT2D eigenvalue weighted by molar-refractivity contribution is -0.143. The maximum Gasteiger partial charge on any atom is 0.326 e. The zero-order valence-corrected chi connectivity index (χ0v) is 48.7. The van der Waals surface area contributed by atoms with Gasteiger partial charge in [0, 0.05) is 54.8 Å². The highest BCUT2D eigenvalue weighted by atomic mass is 16.4. The minimum absolute atomic E-state index is 0.0211. The highest BCUT2D eigenvalue weighted by Crippen LogP contribution is 2.21. The van der Waals surface area contributed by atoms with Crippen molar-refractivity contribution in [3.63, 3.8) is 0 Å². The summed E-state index contributed by atoms with van der Waals surface area (Å²) in [5.74, 6) is -8.31. The van der Waals surface area contributed by atoms with Crippen LogP contribution in [0.5, 0.6) is 5.75 Å². The van der Waals surface area contributed by atoms with E-state index in [-0.39, 0.29) is 56.7 Å². The van der Waals surface area contributed by atoms with Gasteiger partial charge >= 0.3 is 5.97 Å². The fourth-order valence-corrected chi connectivity index (χ4v) is 9.86. The van der Waals surface area contributed by atoms with Gasteiger partial charge in [-0.25, -0.2) is 9.78 Å². The highest BCUT2D eigenvalue weighted by molar-refractivity contribution is 5.98. The number of aromatic nitrogens is 3. The number of rotatable bonds is 35. The van der Waals surface area contributed by atoms with E-state index in [0.29, 0.717) is 68.4 Å². The maximum absolute atomic E-state index is 14.5. The van der Waals surface area contributed by atoms with Crippen LogP contribution in [0.4, 0.5) is 0 Å². The van der Waals surface area contributed by atoms with Crippen molar-refractivity contribution in [2.75, 3.05) is 32.7 Å². The summed E-state index contributed by atoms with van der Waals surface area (Å²) in [7, 11) is 0. The van der Waals surface area contributed by atoms with Crippen molar-refractivity contribution < 1.29 is 58.2 Å². The number of unbranched alkanes of at least 4 members (excludes halogenated alkanes) is 2. The molecule has 2 aromatic carbocycles. The van der Waals surface area contributed by atoms with E-state index >= 15 is 0 Å². The van der Waals surface area contributed by atoms with E-state index in [9.17, 15) is 58.2 Å². The monoisotopic (exact) mass is 1180 g/mol. The van der Waals surface area contributed by atoms with Gasteiger partial charge in [-0.1, -0.05) is 64.4 Å². The number of carbonyl (C=O) groups is 10. The van der Waals surface area contributed by atoms with E-state index in [1.807, 2.05) is 38.1 Å². The number of carboxylic acid groups (broad SMARTS) is 1. The number of nitrogens with one attached hydrogen (secondary N) is 10. The fraction of sp³-hybridized carbons (Fsp3) is 0.534. The lowest BCUT2D eigenvalue weighted by Crippen LogP contribution is -2.59. The van der Waals surface area contributed by atoms with Crippen LogP contribution in [0.1, 0.15) is 102 Å². The lowest BCUT2D eigenvalue weighted by atomic mass is 10.0. The molecule has 27 nitrogen and oxygen atoms in total. The van der Waals surface area contributed by atoms with E-state index in [2.05, 4.69) is 57.5 Å². The van der Waals surface area contributed by atoms with E-state index in [1.165, 1.54) is 41.7 Å². The number of phenols is 1. The number of phenolic OH excluding ortho intramolecular Hbond substituents is 1. The number of aromatic amines is 2. The van der Waals surface area contributed by atoms with Gasteiger partial charge in [-0.15, -0.1) is 0 Å². The van der Waals surface area contributed by atoms with Gasteiger partial charge in [0.25, 0.3) is 0 Å². The molecule has 4 aromatic rings. The SMILES string of the molecule is CC(C)C[C@H](NC(=O)[C@@H](N)CCCCN)C(=O)N[C@@H](CCCCN)C(=O)N[C@@H](Cc1cnc[nH]1)C(=O)N[C@@H](Cc1ccc(O)cc1)C(=O)NCC(=O)N1CCC[C@H]1C(=O)NCC(=O)N[C@@H](Cc1c[nH]c2ccccc12)C(=O)N[C@H](C(=O)O)C(C)C. The van der Waals surface area contributed by atoms with Crippen molar-refractivity contribution in [3.05, 3.63) is 84.1 Å². The lowest BCUT2D eigenvalue weighted by Gasteiger charge is -2.27. The molecule has 1 saturated heterocycles. The predicted molar refractivity (Wildman–Crippen MR) is 314 cm³/mol. The molecule has 0 saturated carbocycles. The number of carboxylic acids is 1. The number of imidazole rings is 1. The number of amides is 9. The van der Waals surface area contributed by atoms with Crippen LogP contribution in [0.3, 0.4) is 0 Å². The Kier molecular flexibility index (Phi) is 26.8. The van der Waals surface area contributed by atoms with Crippen molar-refractivity contribution in [3.8, 4) is 5.75 Å². The number of nitrogens with two attached hydrogens (primary N) is 3. The normalized spacial score (nSPS) is 15.6. The van der Waals surface area contributed by atoms with Gasteiger partial charge in [0.2, 0.25) is 53.2 Å². The van der Waals surface area contributed by atoms with Crippen molar-refractivity contribution >= 4 is 70.0 Å². The zero-order chi connectivity index (χ0) is 62.2. The smallest absolute Gasteiger partial charge is 0.326 e. The Morgan fingerprint density at radius 2 is 1.28 bits per heavy atom. The number of hydrogen-bond acceptors (Lipinski definition) is 15. The van der Waals surface area contributed by atoms with Crippen LogP contribution in [0.15, 0.2) is 67.3 Å². The summed E-state index contributed by atoms with van der Waals surface area (Å²) in [4.78, 5) is 148. The topological polar surface area (TPSA) is 433 Å². The van der Waals surface area contributed by atoms with Crippen LogP contribution in [0.2, 0.25) is 0 Å². The first-order valence-electron chi connectivity index (χ1n) is 28.9. The third-order valence-corrected chi connectivity index (χ3v) is 14.5. The molecule has 0 radical (unpaired) electrons. The first-order valence-corrected chi connectivity index (χ1v) is 28.9. The van der Waals surface area contributed by atoms with E-state index < -0.39 is 126 Å². The number of para-hydroxylation sites is 1. The van der Waals surface area contributed by atoms with Crippen LogP contribution < -0.4 is 59.7 Å². The average molecular weight is 1180 g/mol. The van der Waals surface area contributed by atoms with Gasteiger partial charge in [-0.2, -0.15) is 0 Å². The Balaban J connectivity index is 1.27. The second kappa shape index (κ2) is 33.8. The van der Waals surface area contributed by atoms with Gasteiger partial charge in [0.05, 0.1) is 25.5 Å². The number of nitrogens with zero attached hydrogens (tertiary/aromatic N) is 2. The molecule has 0 unspecified atom stereocenters. The summed E-state index contributed by atoms with van der Waals surface area (Å²) < 4.78 is 0. The minimum Gasteiger partial charge on any atom is -0.508 e. The third kappa shape index (κ3) is 21.3. The molecule has 9 amide bonds. The molecule has 0 bridgehead atoms. The molecule has 1 aliphatic heterocycles. The summed E-state index contributed by atoms with van der Waals surface area (Å²) in [5.41, 5.74) is 19.9. The van der Waals surface area contributed by atoms with Gasteiger partial charge in [0.15, 0.2) is 0 Å². The number of fused-ring (bicyclic) bond motifs is 1. The molecule has 2 aromatic heterocycles. The molecule has 27 heteroatoms. The number of aromatic hydroxyl groups is 1. The summed E-state index contributed by atoms with van der Waals surface area (Å²) in [6, 6.07) is 3.64. The summed E-state index contributed by atoms with van der Waals surface area (Å²) in [6.45, 7) is 6.62. The molecule has 1 fully saturated rings. The zero-order valence-electron chi connectivity index (χ0n) is 48.7.